The van der Waals surface area contributed by atoms with Crippen LogP contribution in [0, 0.1) is 5.41 Å². The molecule has 0 atom stereocenters. The van der Waals surface area contributed by atoms with Gasteiger partial charge in [0.05, 0.1) is 0 Å². The van der Waals surface area contributed by atoms with Crippen LogP contribution in [0.25, 0.3) is 0 Å². The number of rotatable bonds is 7. The second kappa shape index (κ2) is 10.9. The summed E-state index contributed by atoms with van der Waals surface area (Å²) in [6, 6.07) is 0. The molecule has 0 unspecified atom stereocenters. The van der Waals surface area contributed by atoms with E-state index in [2.05, 4.69) is 32.7 Å². The molecular formula is C16H31IN6O. The second-order valence-corrected chi connectivity index (χ2v) is 6.44. The summed E-state index contributed by atoms with van der Waals surface area (Å²) in [5.41, 5.74) is 0.202. The first kappa shape index (κ1) is 21.1. The molecule has 0 aliphatic heterocycles. The van der Waals surface area contributed by atoms with Gasteiger partial charge in [-0.3, -0.25) is 0 Å². The molecule has 24 heavy (non-hydrogen) atoms. The molecule has 1 aliphatic carbocycles. The van der Waals surface area contributed by atoms with E-state index in [0.717, 1.165) is 31.3 Å². The Hall–Kier alpha value is -0.900. The zero-order valence-electron chi connectivity index (χ0n) is 14.8. The number of nitrogens with one attached hydrogen (secondary N) is 2. The molecule has 0 spiro atoms. The summed E-state index contributed by atoms with van der Waals surface area (Å²) in [6.45, 7) is 4.49. The first-order valence-corrected chi connectivity index (χ1v) is 8.65. The molecule has 3 N–H and O–H groups in total. The van der Waals surface area contributed by atoms with E-state index in [0.29, 0.717) is 6.54 Å². The Morgan fingerprint density at radius 1 is 1.33 bits per heavy atom. The van der Waals surface area contributed by atoms with E-state index in [1.165, 1.54) is 32.1 Å². The highest BCUT2D eigenvalue weighted by Crippen LogP contribution is 2.38. The summed E-state index contributed by atoms with van der Waals surface area (Å²) in [4.78, 5) is 4.60. The van der Waals surface area contributed by atoms with Crippen molar-refractivity contribution < 1.29 is 5.11 Å². The largest absolute Gasteiger partial charge is 0.396 e. The Balaban J connectivity index is 0.00000288. The number of guanidine groups is 1. The van der Waals surface area contributed by atoms with Crippen LogP contribution in [0.1, 0.15) is 51.3 Å². The van der Waals surface area contributed by atoms with Gasteiger partial charge in [0.1, 0.15) is 12.9 Å². The van der Waals surface area contributed by atoms with Crippen molar-refractivity contribution in [1.29, 1.82) is 0 Å². The summed E-state index contributed by atoms with van der Waals surface area (Å²) in [5, 5.41) is 24.1. The van der Waals surface area contributed by atoms with Gasteiger partial charge < -0.3 is 20.3 Å². The van der Waals surface area contributed by atoms with E-state index in [1.54, 1.807) is 6.33 Å². The first-order chi connectivity index (χ1) is 11.2. The summed E-state index contributed by atoms with van der Waals surface area (Å²) in [6.07, 6.45) is 8.74. The Morgan fingerprint density at radius 2 is 2.08 bits per heavy atom. The molecule has 0 radical (unpaired) electrons. The lowest BCUT2D eigenvalue weighted by Crippen LogP contribution is -2.45. The SMILES string of the molecule is CCNC(=NCc1nncn1C)NCC1(CCO)CCCCC1.I. The number of hydrogen-bond donors (Lipinski definition) is 3. The minimum Gasteiger partial charge on any atom is -0.396 e. The highest BCUT2D eigenvalue weighted by atomic mass is 127. The van der Waals surface area contributed by atoms with Gasteiger partial charge in [-0.1, -0.05) is 19.3 Å². The highest BCUT2D eigenvalue weighted by molar-refractivity contribution is 14.0. The number of halogens is 1. The molecule has 138 valence electrons. The molecule has 1 fully saturated rings. The number of aliphatic imine (C=N–C) groups is 1. The number of aryl methyl sites for hydroxylation is 1. The molecule has 0 saturated heterocycles. The Morgan fingerprint density at radius 3 is 2.67 bits per heavy atom. The minimum atomic E-state index is 0. The molecule has 1 heterocycles. The number of aliphatic hydroxyl groups is 1. The lowest BCUT2D eigenvalue weighted by Gasteiger charge is -2.37. The fraction of sp³-hybridized carbons (Fsp3) is 0.812. The van der Waals surface area contributed by atoms with Crippen LogP contribution < -0.4 is 10.6 Å². The molecular weight excluding hydrogens is 419 g/mol. The van der Waals surface area contributed by atoms with Crippen LogP contribution in [0.4, 0.5) is 0 Å². The topological polar surface area (TPSA) is 87.4 Å². The molecule has 2 rings (SSSR count). The first-order valence-electron chi connectivity index (χ1n) is 8.65. The summed E-state index contributed by atoms with van der Waals surface area (Å²) in [7, 11) is 1.92. The zero-order chi connectivity index (χ0) is 16.5. The molecule has 0 aromatic carbocycles. The average Bonchev–Trinajstić information content (AvgIpc) is 2.96. The Bertz CT molecular complexity index is 493. The van der Waals surface area contributed by atoms with Crippen LogP contribution >= 0.6 is 24.0 Å². The third kappa shape index (κ3) is 6.19. The van der Waals surface area contributed by atoms with Crippen molar-refractivity contribution in [2.75, 3.05) is 19.7 Å². The van der Waals surface area contributed by atoms with Crippen LogP contribution in [0.5, 0.6) is 0 Å². The number of aromatic nitrogens is 3. The lowest BCUT2D eigenvalue weighted by molar-refractivity contribution is 0.131. The molecule has 1 aromatic heterocycles. The van der Waals surface area contributed by atoms with Crippen molar-refractivity contribution in [2.24, 2.45) is 17.5 Å². The standard InChI is InChI=1S/C16H30N6O.HI/c1-3-17-15(18-11-14-21-20-13-22(14)2)19-12-16(9-10-23)7-5-4-6-8-16;/h13,23H,3-12H2,1-2H3,(H2,17,18,19);1H. The predicted molar refractivity (Wildman–Crippen MR) is 106 cm³/mol. The lowest BCUT2D eigenvalue weighted by atomic mass is 9.72. The third-order valence-electron chi connectivity index (χ3n) is 4.72. The summed E-state index contributed by atoms with van der Waals surface area (Å²) >= 11 is 0. The van der Waals surface area contributed by atoms with E-state index in [9.17, 15) is 5.11 Å². The number of hydrogen-bond acceptors (Lipinski definition) is 4. The molecule has 1 aromatic rings. The minimum absolute atomic E-state index is 0. The van der Waals surface area contributed by atoms with E-state index in [1.807, 2.05) is 11.6 Å². The fourth-order valence-electron chi connectivity index (χ4n) is 3.27. The second-order valence-electron chi connectivity index (χ2n) is 6.44. The maximum absolute atomic E-state index is 9.42. The van der Waals surface area contributed by atoms with Crippen LogP contribution in [-0.2, 0) is 13.6 Å². The monoisotopic (exact) mass is 450 g/mol. The third-order valence-corrected chi connectivity index (χ3v) is 4.72. The Kier molecular flexibility index (Phi) is 9.57. The van der Waals surface area contributed by atoms with Gasteiger partial charge in [0.2, 0.25) is 0 Å². The quantitative estimate of drug-likeness (QED) is 0.335. The van der Waals surface area contributed by atoms with Crippen molar-refractivity contribution >= 4 is 29.9 Å². The van der Waals surface area contributed by atoms with Crippen LogP contribution in [0.2, 0.25) is 0 Å². The van der Waals surface area contributed by atoms with Gasteiger partial charge >= 0.3 is 0 Å². The van der Waals surface area contributed by atoms with Gasteiger partial charge in [0.25, 0.3) is 0 Å². The van der Waals surface area contributed by atoms with E-state index in [4.69, 9.17) is 0 Å². The van der Waals surface area contributed by atoms with Gasteiger partial charge in [-0.15, -0.1) is 34.2 Å². The van der Waals surface area contributed by atoms with Gasteiger partial charge in [-0.2, -0.15) is 0 Å². The smallest absolute Gasteiger partial charge is 0.191 e. The van der Waals surface area contributed by atoms with Gasteiger partial charge in [-0.25, -0.2) is 4.99 Å². The molecule has 1 aliphatic rings. The number of aliphatic hydroxyl groups excluding tert-OH is 1. The highest BCUT2D eigenvalue weighted by Gasteiger charge is 2.31. The van der Waals surface area contributed by atoms with Crippen molar-refractivity contribution in [3.8, 4) is 0 Å². The van der Waals surface area contributed by atoms with Crippen molar-refractivity contribution in [1.82, 2.24) is 25.4 Å². The van der Waals surface area contributed by atoms with Crippen molar-refractivity contribution in [3.63, 3.8) is 0 Å². The Labute approximate surface area is 161 Å². The summed E-state index contributed by atoms with van der Waals surface area (Å²) in [5.74, 6) is 1.64. The van der Waals surface area contributed by atoms with Crippen molar-refractivity contribution in [2.45, 2.75) is 52.0 Å². The predicted octanol–water partition coefficient (Wildman–Crippen LogP) is 1.82. The molecule has 0 amide bonds. The maximum atomic E-state index is 9.42. The number of nitrogens with zero attached hydrogens (tertiary/aromatic N) is 4. The normalized spacial score (nSPS) is 17.2. The molecule has 8 heteroatoms. The molecule has 0 bridgehead atoms. The average molecular weight is 450 g/mol. The van der Waals surface area contributed by atoms with E-state index < -0.39 is 0 Å². The summed E-state index contributed by atoms with van der Waals surface area (Å²) < 4.78 is 1.88. The van der Waals surface area contributed by atoms with Gasteiger partial charge in [-0.05, 0) is 31.6 Å². The van der Waals surface area contributed by atoms with E-state index in [-0.39, 0.29) is 36.0 Å². The van der Waals surface area contributed by atoms with E-state index >= 15 is 0 Å². The van der Waals surface area contributed by atoms with Crippen LogP contribution in [0.3, 0.4) is 0 Å². The van der Waals surface area contributed by atoms with Crippen molar-refractivity contribution in [3.05, 3.63) is 12.2 Å². The van der Waals surface area contributed by atoms with Gasteiger partial charge in [0.15, 0.2) is 11.8 Å². The molecule has 1 saturated carbocycles. The van der Waals surface area contributed by atoms with Crippen LogP contribution in [-0.4, -0.2) is 45.5 Å². The zero-order valence-corrected chi connectivity index (χ0v) is 17.1. The van der Waals surface area contributed by atoms with Crippen LogP contribution in [0.15, 0.2) is 11.3 Å². The fourth-order valence-corrected chi connectivity index (χ4v) is 3.27. The van der Waals surface area contributed by atoms with Gasteiger partial charge in [0, 0.05) is 26.7 Å². The maximum Gasteiger partial charge on any atom is 0.191 e. The molecule has 7 nitrogen and oxygen atoms in total.